The number of aromatic nitrogens is 3. The second-order valence-corrected chi connectivity index (χ2v) is 17.0. The van der Waals surface area contributed by atoms with Crippen molar-refractivity contribution in [1.29, 1.82) is 0 Å². The minimum absolute atomic E-state index is 0.0834. The van der Waals surface area contributed by atoms with Crippen molar-refractivity contribution in [3.63, 3.8) is 0 Å². The maximum atomic E-state index is 6.51. The minimum Gasteiger partial charge on any atom is -0.456 e. The number of thiophene rings is 1. The first kappa shape index (κ1) is 33.9. The number of furan rings is 1. The highest BCUT2D eigenvalue weighted by atomic mass is 32.1. The molecule has 0 unspecified atom stereocenters. The third kappa shape index (κ3) is 5.32. The van der Waals surface area contributed by atoms with Gasteiger partial charge in [-0.1, -0.05) is 147 Å². The second kappa shape index (κ2) is 12.9. The van der Waals surface area contributed by atoms with Crippen LogP contribution in [0.3, 0.4) is 0 Å². The Labute approximate surface area is 345 Å². The van der Waals surface area contributed by atoms with Crippen LogP contribution in [0.4, 0.5) is 0 Å². The molecular formula is C54H35N3OS. The summed E-state index contributed by atoms with van der Waals surface area (Å²) in [4.78, 5) is 15.4. The lowest BCUT2D eigenvalue weighted by Gasteiger charge is -2.24. The van der Waals surface area contributed by atoms with Crippen molar-refractivity contribution in [3.8, 4) is 67.5 Å². The number of fused-ring (bicyclic) bond motifs is 9. The van der Waals surface area contributed by atoms with Gasteiger partial charge in [0.1, 0.15) is 11.2 Å². The van der Waals surface area contributed by atoms with E-state index in [2.05, 4.69) is 159 Å². The molecule has 3 heterocycles. The number of rotatable bonds is 5. The third-order valence-electron chi connectivity index (χ3n) is 12.1. The molecule has 8 aromatic carbocycles. The summed E-state index contributed by atoms with van der Waals surface area (Å²) in [7, 11) is 0. The summed E-state index contributed by atoms with van der Waals surface area (Å²) in [5.41, 5.74) is 14.5. The summed E-state index contributed by atoms with van der Waals surface area (Å²) >= 11 is 1.81. The highest BCUT2D eigenvalue weighted by molar-refractivity contribution is 7.25. The molecule has 0 atom stereocenters. The van der Waals surface area contributed by atoms with E-state index in [1.807, 2.05) is 30.3 Å². The normalized spacial score (nSPS) is 13.1. The van der Waals surface area contributed by atoms with E-state index >= 15 is 0 Å². The van der Waals surface area contributed by atoms with Crippen LogP contribution in [-0.4, -0.2) is 15.0 Å². The number of benzene rings is 8. The molecule has 0 spiro atoms. The average molecular weight is 774 g/mol. The predicted molar refractivity (Wildman–Crippen MR) is 245 cm³/mol. The lowest BCUT2D eigenvalue weighted by atomic mass is 9.79. The van der Waals surface area contributed by atoms with E-state index in [9.17, 15) is 0 Å². The Kier molecular flexibility index (Phi) is 7.41. The van der Waals surface area contributed by atoms with Gasteiger partial charge in [-0.05, 0) is 87.0 Å². The van der Waals surface area contributed by atoms with E-state index in [1.54, 1.807) is 11.3 Å². The van der Waals surface area contributed by atoms with E-state index in [4.69, 9.17) is 19.4 Å². The fourth-order valence-corrected chi connectivity index (χ4v) is 10.4. The Morgan fingerprint density at radius 3 is 1.92 bits per heavy atom. The summed E-state index contributed by atoms with van der Waals surface area (Å²) in [5.74, 6) is 1.86. The standard InChI is InChI=1S/C54H35N3OS/c1-54(2)44-19-8-6-14-38(44)40-17-10-16-37(50(40)54)33-24-22-32(23-25-33)35-26-28-45-43(30-35)49-41(18-11-20-46(49)58-45)53-56-51(34-12-4-3-5-13-34)55-52(57-53)36-27-29-48-42(31-36)39-15-7-9-21-47(39)59-48/h3-31H,1-2H3. The maximum absolute atomic E-state index is 6.51. The second-order valence-electron chi connectivity index (χ2n) is 15.9. The van der Waals surface area contributed by atoms with Crippen LogP contribution >= 0.6 is 11.3 Å². The van der Waals surface area contributed by atoms with Crippen molar-refractivity contribution in [3.05, 3.63) is 187 Å². The molecule has 0 amide bonds. The van der Waals surface area contributed by atoms with Crippen LogP contribution in [0.1, 0.15) is 25.0 Å². The van der Waals surface area contributed by atoms with Gasteiger partial charge in [0, 0.05) is 53.1 Å². The summed E-state index contributed by atoms with van der Waals surface area (Å²) < 4.78 is 9.02. The van der Waals surface area contributed by atoms with Crippen LogP contribution < -0.4 is 0 Å². The molecule has 12 rings (SSSR count). The van der Waals surface area contributed by atoms with Gasteiger partial charge in [-0.2, -0.15) is 0 Å². The van der Waals surface area contributed by atoms with Gasteiger partial charge in [0.05, 0.1) is 0 Å². The zero-order chi connectivity index (χ0) is 39.2. The first-order chi connectivity index (χ1) is 29.0. The summed E-state index contributed by atoms with van der Waals surface area (Å²) in [6, 6.07) is 62.5. The molecule has 0 saturated heterocycles. The third-order valence-corrected chi connectivity index (χ3v) is 13.3. The van der Waals surface area contributed by atoms with Crippen molar-refractivity contribution < 1.29 is 4.42 Å². The Morgan fingerprint density at radius 1 is 0.407 bits per heavy atom. The summed E-state index contributed by atoms with van der Waals surface area (Å²) in [6.07, 6.45) is 0. The van der Waals surface area contributed by atoms with Gasteiger partial charge in [0.25, 0.3) is 0 Å². The fourth-order valence-electron chi connectivity index (χ4n) is 9.33. The molecular weight excluding hydrogens is 739 g/mol. The Hall–Kier alpha value is -7.21. The molecule has 3 aromatic heterocycles. The molecule has 1 aliphatic carbocycles. The van der Waals surface area contributed by atoms with E-state index in [0.717, 1.165) is 49.8 Å². The molecule has 0 bridgehead atoms. The van der Waals surface area contributed by atoms with Crippen molar-refractivity contribution in [2.75, 3.05) is 0 Å². The van der Waals surface area contributed by atoms with Gasteiger partial charge in [0.15, 0.2) is 17.5 Å². The predicted octanol–water partition coefficient (Wildman–Crippen LogP) is 14.8. The largest absolute Gasteiger partial charge is 0.456 e. The van der Waals surface area contributed by atoms with Crippen LogP contribution in [0.5, 0.6) is 0 Å². The van der Waals surface area contributed by atoms with Gasteiger partial charge in [-0.25, -0.2) is 15.0 Å². The van der Waals surface area contributed by atoms with Gasteiger partial charge in [-0.15, -0.1) is 11.3 Å². The van der Waals surface area contributed by atoms with E-state index in [-0.39, 0.29) is 5.41 Å². The molecule has 11 aromatic rings. The Balaban J connectivity index is 0.975. The van der Waals surface area contributed by atoms with Crippen LogP contribution in [0.2, 0.25) is 0 Å². The topological polar surface area (TPSA) is 51.8 Å². The quantitative estimate of drug-likeness (QED) is 0.175. The minimum atomic E-state index is -0.0834. The highest BCUT2D eigenvalue weighted by Gasteiger charge is 2.37. The van der Waals surface area contributed by atoms with Gasteiger partial charge >= 0.3 is 0 Å². The molecule has 1 aliphatic rings. The molecule has 0 radical (unpaired) electrons. The molecule has 4 nitrogen and oxygen atoms in total. The smallest absolute Gasteiger partial charge is 0.164 e. The first-order valence-electron chi connectivity index (χ1n) is 20.0. The first-order valence-corrected chi connectivity index (χ1v) is 20.8. The SMILES string of the molecule is CC1(C)c2ccccc2-c2cccc(-c3ccc(-c4ccc5oc6cccc(-c7nc(-c8ccccc8)nc(-c8ccc9sc%10ccccc%10c9c8)n7)c6c5c4)cc3)c21. The average Bonchev–Trinajstić information content (AvgIpc) is 3.93. The van der Waals surface area contributed by atoms with Crippen molar-refractivity contribution in [2.24, 2.45) is 0 Å². The monoisotopic (exact) mass is 773 g/mol. The van der Waals surface area contributed by atoms with Gasteiger partial charge in [-0.3, -0.25) is 0 Å². The van der Waals surface area contributed by atoms with Crippen molar-refractivity contribution in [1.82, 2.24) is 15.0 Å². The molecule has 0 aliphatic heterocycles. The van der Waals surface area contributed by atoms with Crippen LogP contribution in [-0.2, 0) is 5.41 Å². The lowest BCUT2D eigenvalue weighted by Crippen LogP contribution is -2.16. The van der Waals surface area contributed by atoms with Crippen LogP contribution in [0.15, 0.2) is 180 Å². The summed E-state index contributed by atoms with van der Waals surface area (Å²) in [6.45, 7) is 4.69. The molecule has 5 heteroatoms. The fraction of sp³-hybridized carbons (Fsp3) is 0.0556. The molecule has 0 N–H and O–H groups in total. The molecule has 59 heavy (non-hydrogen) atoms. The molecule has 278 valence electrons. The Morgan fingerprint density at radius 2 is 1.03 bits per heavy atom. The molecule has 0 saturated carbocycles. The highest BCUT2D eigenvalue weighted by Crippen LogP contribution is 2.52. The van der Waals surface area contributed by atoms with E-state index < -0.39 is 0 Å². The van der Waals surface area contributed by atoms with E-state index in [1.165, 1.54) is 53.6 Å². The number of hydrogen-bond acceptors (Lipinski definition) is 5. The van der Waals surface area contributed by atoms with Gasteiger partial charge in [0.2, 0.25) is 0 Å². The maximum Gasteiger partial charge on any atom is 0.164 e. The number of hydrogen-bond donors (Lipinski definition) is 0. The van der Waals surface area contributed by atoms with E-state index in [0.29, 0.717) is 17.5 Å². The van der Waals surface area contributed by atoms with Crippen LogP contribution in [0, 0.1) is 0 Å². The summed E-state index contributed by atoms with van der Waals surface area (Å²) in [5, 5.41) is 4.45. The lowest BCUT2D eigenvalue weighted by molar-refractivity contribution is 0.662. The number of nitrogens with zero attached hydrogens (tertiary/aromatic N) is 3. The zero-order valence-electron chi connectivity index (χ0n) is 32.4. The zero-order valence-corrected chi connectivity index (χ0v) is 33.2. The van der Waals surface area contributed by atoms with Gasteiger partial charge < -0.3 is 4.42 Å². The van der Waals surface area contributed by atoms with Crippen LogP contribution in [0.25, 0.3) is 110 Å². The van der Waals surface area contributed by atoms with Crippen molar-refractivity contribution in [2.45, 2.75) is 19.3 Å². The molecule has 0 fully saturated rings. The van der Waals surface area contributed by atoms with Crippen molar-refractivity contribution >= 4 is 53.4 Å². The Bertz CT molecular complexity index is 3470.